The lowest BCUT2D eigenvalue weighted by atomic mass is 10.1. The molecular weight excluding hydrogens is 262 g/mol. The Hall–Kier alpha value is -1.32. The summed E-state index contributed by atoms with van der Waals surface area (Å²) in [6.07, 6.45) is 1.08. The van der Waals surface area contributed by atoms with Gasteiger partial charge in [0.1, 0.15) is 18.0 Å². The highest BCUT2D eigenvalue weighted by Crippen LogP contribution is 2.26. The van der Waals surface area contributed by atoms with Crippen LogP contribution in [0.3, 0.4) is 0 Å². The Morgan fingerprint density at radius 3 is 2.62 bits per heavy atom. The maximum Gasteiger partial charge on any atom is 0.135 e. The van der Waals surface area contributed by atoms with Crippen molar-refractivity contribution in [3.8, 4) is 0 Å². The molecule has 21 heavy (non-hydrogen) atoms. The first-order valence-corrected chi connectivity index (χ1v) is 7.88. The fraction of sp³-hybridized carbons (Fsp3) is 0.556. The summed E-state index contributed by atoms with van der Waals surface area (Å²) in [7, 11) is 0. The number of nitrogens with one attached hydrogen (secondary N) is 1. The van der Waals surface area contributed by atoms with Crippen LogP contribution < -0.4 is 5.32 Å². The van der Waals surface area contributed by atoms with Crippen LogP contribution in [0.4, 0.5) is 0 Å². The van der Waals surface area contributed by atoms with Crippen molar-refractivity contribution in [2.45, 2.75) is 53.3 Å². The van der Waals surface area contributed by atoms with Gasteiger partial charge in [0.25, 0.3) is 0 Å². The van der Waals surface area contributed by atoms with Crippen LogP contribution in [0, 0.1) is 5.92 Å². The molecule has 0 atom stereocenters. The van der Waals surface area contributed by atoms with Crippen LogP contribution in [0.5, 0.6) is 0 Å². The quantitative estimate of drug-likeness (QED) is 0.727. The molecule has 0 amide bonds. The molecule has 0 aliphatic heterocycles. The Morgan fingerprint density at radius 1 is 1.14 bits per heavy atom. The first-order chi connectivity index (χ1) is 10.1. The fourth-order valence-corrected chi connectivity index (χ4v) is 2.25. The highest BCUT2D eigenvalue weighted by atomic mass is 16.5. The minimum absolute atomic E-state index is 0.452. The summed E-state index contributed by atoms with van der Waals surface area (Å²) in [6, 6.07) is 8.66. The summed E-state index contributed by atoms with van der Waals surface area (Å²) in [5.41, 5.74) is 2.17. The second kappa shape index (κ2) is 7.62. The number of hydrogen-bond acceptors (Lipinski definition) is 3. The molecule has 0 unspecified atom stereocenters. The van der Waals surface area contributed by atoms with Crippen molar-refractivity contribution in [1.29, 1.82) is 0 Å². The molecule has 0 fully saturated rings. The SMILES string of the molecule is CC(C)CCOCc1oc2ccccc2c1CNC(C)C. The lowest BCUT2D eigenvalue weighted by Crippen LogP contribution is -2.22. The van der Waals surface area contributed by atoms with Crippen molar-refractivity contribution in [2.75, 3.05) is 6.61 Å². The van der Waals surface area contributed by atoms with Crippen LogP contribution in [0.2, 0.25) is 0 Å². The Kier molecular flexibility index (Phi) is 5.83. The highest BCUT2D eigenvalue weighted by molar-refractivity contribution is 5.82. The third-order valence-electron chi connectivity index (χ3n) is 3.54. The van der Waals surface area contributed by atoms with E-state index in [1.807, 2.05) is 12.1 Å². The van der Waals surface area contributed by atoms with Crippen molar-refractivity contribution < 1.29 is 9.15 Å². The van der Waals surface area contributed by atoms with E-state index in [4.69, 9.17) is 9.15 Å². The predicted octanol–water partition coefficient (Wildman–Crippen LogP) is 4.49. The molecule has 0 saturated heterocycles. The number of benzene rings is 1. The molecule has 0 radical (unpaired) electrons. The van der Waals surface area contributed by atoms with E-state index in [9.17, 15) is 0 Å². The predicted molar refractivity (Wildman–Crippen MR) is 87.3 cm³/mol. The number of para-hydroxylation sites is 1. The maximum atomic E-state index is 5.97. The third kappa shape index (κ3) is 4.58. The van der Waals surface area contributed by atoms with Crippen LogP contribution in [0.1, 0.15) is 45.4 Å². The van der Waals surface area contributed by atoms with E-state index in [1.165, 1.54) is 10.9 Å². The Balaban J connectivity index is 2.10. The molecule has 0 aliphatic rings. The van der Waals surface area contributed by atoms with Gasteiger partial charge in [0.15, 0.2) is 0 Å². The van der Waals surface area contributed by atoms with Gasteiger partial charge in [0, 0.05) is 30.1 Å². The van der Waals surface area contributed by atoms with Gasteiger partial charge in [0.2, 0.25) is 0 Å². The minimum Gasteiger partial charge on any atom is -0.458 e. The molecule has 1 heterocycles. The molecule has 2 rings (SSSR count). The van der Waals surface area contributed by atoms with E-state index in [1.54, 1.807) is 0 Å². The molecule has 0 aliphatic carbocycles. The van der Waals surface area contributed by atoms with Crippen LogP contribution in [0.25, 0.3) is 11.0 Å². The molecule has 3 nitrogen and oxygen atoms in total. The molecule has 1 aromatic heterocycles. The van der Waals surface area contributed by atoms with Crippen LogP contribution >= 0.6 is 0 Å². The smallest absolute Gasteiger partial charge is 0.135 e. The average molecular weight is 289 g/mol. The molecule has 0 bridgehead atoms. The summed E-state index contributed by atoms with van der Waals surface area (Å²) < 4.78 is 11.8. The highest BCUT2D eigenvalue weighted by Gasteiger charge is 2.14. The Bertz CT molecular complexity index is 557. The number of fused-ring (bicyclic) bond motifs is 1. The molecule has 1 N–H and O–H groups in total. The number of hydrogen-bond donors (Lipinski definition) is 1. The second-order valence-electron chi connectivity index (χ2n) is 6.27. The van der Waals surface area contributed by atoms with Crippen LogP contribution in [-0.4, -0.2) is 12.6 Å². The van der Waals surface area contributed by atoms with Gasteiger partial charge in [-0.3, -0.25) is 0 Å². The monoisotopic (exact) mass is 289 g/mol. The van der Waals surface area contributed by atoms with E-state index >= 15 is 0 Å². The van der Waals surface area contributed by atoms with E-state index < -0.39 is 0 Å². The van der Waals surface area contributed by atoms with E-state index in [0.717, 1.165) is 30.9 Å². The number of furan rings is 1. The molecule has 0 spiro atoms. The van der Waals surface area contributed by atoms with Gasteiger partial charge >= 0.3 is 0 Å². The number of ether oxygens (including phenoxy) is 1. The van der Waals surface area contributed by atoms with E-state index in [-0.39, 0.29) is 0 Å². The van der Waals surface area contributed by atoms with Crippen LogP contribution in [0.15, 0.2) is 28.7 Å². The topological polar surface area (TPSA) is 34.4 Å². The van der Waals surface area contributed by atoms with Gasteiger partial charge in [-0.1, -0.05) is 45.9 Å². The van der Waals surface area contributed by atoms with Crippen molar-refractivity contribution in [1.82, 2.24) is 5.32 Å². The summed E-state index contributed by atoms with van der Waals surface area (Å²) >= 11 is 0. The van der Waals surface area contributed by atoms with Gasteiger partial charge < -0.3 is 14.5 Å². The zero-order valence-corrected chi connectivity index (χ0v) is 13.6. The first kappa shape index (κ1) is 16.1. The summed E-state index contributed by atoms with van der Waals surface area (Å²) in [6.45, 7) is 10.9. The van der Waals surface area contributed by atoms with Crippen LogP contribution in [-0.2, 0) is 17.9 Å². The lowest BCUT2D eigenvalue weighted by Gasteiger charge is -2.09. The molecule has 0 saturated carbocycles. The van der Waals surface area contributed by atoms with Gasteiger partial charge in [-0.2, -0.15) is 0 Å². The van der Waals surface area contributed by atoms with Crippen molar-refractivity contribution in [3.63, 3.8) is 0 Å². The van der Waals surface area contributed by atoms with Crippen molar-refractivity contribution in [2.24, 2.45) is 5.92 Å². The molecule has 116 valence electrons. The summed E-state index contributed by atoms with van der Waals surface area (Å²) in [5, 5.41) is 4.66. The van der Waals surface area contributed by atoms with Crippen molar-refractivity contribution in [3.05, 3.63) is 35.6 Å². The zero-order valence-electron chi connectivity index (χ0n) is 13.6. The third-order valence-corrected chi connectivity index (χ3v) is 3.54. The van der Waals surface area contributed by atoms with Gasteiger partial charge in [0.05, 0.1) is 0 Å². The zero-order chi connectivity index (χ0) is 15.2. The normalized spacial score (nSPS) is 11.9. The molecule has 3 heteroatoms. The molecule has 2 aromatic rings. The largest absolute Gasteiger partial charge is 0.458 e. The average Bonchev–Trinajstić information content (AvgIpc) is 2.78. The van der Waals surface area contributed by atoms with Crippen molar-refractivity contribution >= 4 is 11.0 Å². The lowest BCUT2D eigenvalue weighted by molar-refractivity contribution is 0.0973. The fourth-order valence-electron chi connectivity index (χ4n) is 2.25. The maximum absolute atomic E-state index is 5.97. The number of rotatable bonds is 8. The Labute approximate surface area is 127 Å². The van der Waals surface area contributed by atoms with E-state index in [2.05, 4.69) is 45.1 Å². The standard InChI is InChI=1S/C18H27NO2/c1-13(2)9-10-20-12-18-16(11-19-14(3)4)15-7-5-6-8-17(15)21-18/h5-8,13-14,19H,9-12H2,1-4H3. The Morgan fingerprint density at radius 2 is 1.90 bits per heavy atom. The van der Waals surface area contributed by atoms with Gasteiger partial charge in [-0.05, 0) is 18.4 Å². The summed E-state index contributed by atoms with van der Waals surface area (Å²) in [5.74, 6) is 1.62. The van der Waals surface area contributed by atoms with Gasteiger partial charge in [-0.15, -0.1) is 0 Å². The first-order valence-electron chi connectivity index (χ1n) is 7.88. The summed E-state index contributed by atoms with van der Waals surface area (Å²) in [4.78, 5) is 0. The van der Waals surface area contributed by atoms with E-state index in [0.29, 0.717) is 18.6 Å². The second-order valence-corrected chi connectivity index (χ2v) is 6.27. The minimum atomic E-state index is 0.452. The molecule has 1 aromatic carbocycles. The van der Waals surface area contributed by atoms with Gasteiger partial charge in [-0.25, -0.2) is 0 Å². The molecular formula is C18H27NO2.